The third kappa shape index (κ3) is 4.10. The normalized spacial score (nSPS) is 26.2. The lowest BCUT2D eigenvalue weighted by atomic mass is 10.00. The van der Waals surface area contributed by atoms with Crippen molar-refractivity contribution in [3.8, 4) is 0 Å². The Hall–Kier alpha value is -0.610. The van der Waals surface area contributed by atoms with Gasteiger partial charge in [0, 0.05) is 18.6 Å². The lowest BCUT2D eigenvalue weighted by molar-refractivity contribution is 0.0737. The number of thiocarbonyl (C=S) groups is 1. The first kappa shape index (κ1) is 13.5. The van der Waals surface area contributed by atoms with Crippen LogP contribution >= 0.6 is 12.2 Å². The van der Waals surface area contributed by atoms with Gasteiger partial charge in [-0.1, -0.05) is 18.6 Å². The van der Waals surface area contributed by atoms with Crippen LogP contribution in [-0.4, -0.2) is 28.7 Å². The molecule has 1 rings (SSSR count). The molecule has 1 heterocycles. The van der Waals surface area contributed by atoms with E-state index < -0.39 is 0 Å². The number of hydrogen-bond acceptors (Lipinski definition) is 2. The molecular formula is C12H23N3S. The SMILES string of the molecule is C=C(C)CNC(=S)NN1[C@@H](C)CCC[C@@H]1C. The second kappa shape index (κ2) is 6.21. The molecule has 1 fully saturated rings. The van der Waals surface area contributed by atoms with Crippen LogP contribution in [0.25, 0.3) is 0 Å². The third-order valence-electron chi connectivity index (χ3n) is 2.97. The second-order valence-corrected chi connectivity index (χ2v) is 5.20. The minimum absolute atomic E-state index is 0.549. The quantitative estimate of drug-likeness (QED) is 0.585. The molecule has 0 aromatic carbocycles. The molecule has 4 heteroatoms. The van der Waals surface area contributed by atoms with E-state index in [4.69, 9.17) is 12.2 Å². The maximum atomic E-state index is 5.25. The van der Waals surface area contributed by atoms with Crippen molar-refractivity contribution < 1.29 is 0 Å². The average molecular weight is 241 g/mol. The minimum atomic E-state index is 0.549. The van der Waals surface area contributed by atoms with Crippen LogP contribution in [0.5, 0.6) is 0 Å². The molecule has 0 amide bonds. The van der Waals surface area contributed by atoms with Crippen LogP contribution < -0.4 is 10.7 Å². The molecule has 0 unspecified atom stereocenters. The van der Waals surface area contributed by atoms with Crippen LogP contribution in [-0.2, 0) is 0 Å². The first-order valence-corrected chi connectivity index (χ1v) is 6.38. The highest BCUT2D eigenvalue weighted by Gasteiger charge is 2.24. The number of piperidine rings is 1. The number of hydrogen-bond donors (Lipinski definition) is 2. The monoisotopic (exact) mass is 241 g/mol. The van der Waals surface area contributed by atoms with Crippen molar-refractivity contribution in [2.75, 3.05) is 6.54 Å². The summed E-state index contributed by atoms with van der Waals surface area (Å²) in [6.07, 6.45) is 3.79. The van der Waals surface area contributed by atoms with E-state index in [-0.39, 0.29) is 0 Å². The molecule has 16 heavy (non-hydrogen) atoms. The summed E-state index contributed by atoms with van der Waals surface area (Å²) in [5, 5.41) is 6.11. The summed E-state index contributed by atoms with van der Waals surface area (Å²) in [5.41, 5.74) is 4.37. The fourth-order valence-electron chi connectivity index (χ4n) is 2.03. The molecule has 1 aliphatic rings. The van der Waals surface area contributed by atoms with Crippen molar-refractivity contribution in [2.24, 2.45) is 0 Å². The Morgan fingerprint density at radius 3 is 2.44 bits per heavy atom. The Kier molecular flexibility index (Phi) is 5.22. The fraction of sp³-hybridized carbons (Fsp3) is 0.750. The highest BCUT2D eigenvalue weighted by molar-refractivity contribution is 7.80. The molecule has 0 aliphatic carbocycles. The van der Waals surface area contributed by atoms with Crippen LogP contribution in [0.1, 0.15) is 40.0 Å². The van der Waals surface area contributed by atoms with E-state index in [2.05, 4.69) is 36.2 Å². The van der Waals surface area contributed by atoms with Crippen molar-refractivity contribution in [3.63, 3.8) is 0 Å². The number of hydrazine groups is 1. The highest BCUT2D eigenvalue weighted by atomic mass is 32.1. The molecule has 92 valence electrons. The van der Waals surface area contributed by atoms with E-state index in [1.54, 1.807) is 0 Å². The van der Waals surface area contributed by atoms with Crippen LogP contribution in [0.4, 0.5) is 0 Å². The van der Waals surface area contributed by atoms with Crippen LogP contribution in [0.2, 0.25) is 0 Å². The fourth-order valence-corrected chi connectivity index (χ4v) is 2.21. The van der Waals surface area contributed by atoms with Gasteiger partial charge in [-0.15, -0.1) is 0 Å². The van der Waals surface area contributed by atoms with Gasteiger partial charge in [-0.2, -0.15) is 0 Å². The van der Waals surface area contributed by atoms with Crippen molar-refractivity contribution >= 4 is 17.3 Å². The van der Waals surface area contributed by atoms with Gasteiger partial charge in [-0.25, -0.2) is 5.01 Å². The van der Waals surface area contributed by atoms with Gasteiger partial charge in [0.25, 0.3) is 0 Å². The molecule has 0 saturated carbocycles. The minimum Gasteiger partial charge on any atom is -0.358 e. The van der Waals surface area contributed by atoms with Gasteiger partial charge in [0.05, 0.1) is 0 Å². The third-order valence-corrected chi connectivity index (χ3v) is 3.21. The average Bonchev–Trinajstić information content (AvgIpc) is 2.21. The number of nitrogens with zero attached hydrogens (tertiary/aromatic N) is 1. The molecule has 2 N–H and O–H groups in total. The van der Waals surface area contributed by atoms with Crippen molar-refractivity contribution in [1.82, 2.24) is 15.8 Å². The molecule has 2 atom stereocenters. The first-order chi connectivity index (χ1) is 7.50. The van der Waals surface area contributed by atoms with E-state index >= 15 is 0 Å². The van der Waals surface area contributed by atoms with Crippen molar-refractivity contribution in [3.05, 3.63) is 12.2 Å². The molecule has 0 bridgehead atoms. The summed E-state index contributed by atoms with van der Waals surface area (Å²) in [4.78, 5) is 0. The summed E-state index contributed by atoms with van der Waals surface area (Å²) in [5.74, 6) is 0. The largest absolute Gasteiger partial charge is 0.358 e. The predicted molar refractivity (Wildman–Crippen MR) is 73.2 cm³/mol. The van der Waals surface area contributed by atoms with Gasteiger partial charge in [0.1, 0.15) is 0 Å². The van der Waals surface area contributed by atoms with E-state index in [0.29, 0.717) is 17.2 Å². The van der Waals surface area contributed by atoms with Gasteiger partial charge in [-0.3, -0.25) is 5.43 Å². The van der Waals surface area contributed by atoms with Crippen LogP contribution in [0.3, 0.4) is 0 Å². The second-order valence-electron chi connectivity index (χ2n) is 4.79. The molecule has 0 aromatic heterocycles. The zero-order chi connectivity index (χ0) is 12.1. The number of nitrogens with one attached hydrogen (secondary N) is 2. The zero-order valence-electron chi connectivity index (χ0n) is 10.5. The molecular weight excluding hydrogens is 218 g/mol. The Morgan fingerprint density at radius 2 is 1.94 bits per heavy atom. The van der Waals surface area contributed by atoms with Crippen LogP contribution in [0.15, 0.2) is 12.2 Å². The Morgan fingerprint density at radius 1 is 1.38 bits per heavy atom. The van der Waals surface area contributed by atoms with E-state index in [9.17, 15) is 0 Å². The van der Waals surface area contributed by atoms with Crippen molar-refractivity contribution in [2.45, 2.75) is 52.1 Å². The van der Waals surface area contributed by atoms with E-state index in [1.165, 1.54) is 19.3 Å². The van der Waals surface area contributed by atoms with Gasteiger partial charge in [0.15, 0.2) is 5.11 Å². The molecule has 3 nitrogen and oxygen atoms in total. The predicted octanol–water partition coefficient (Wildman–Crippen LogP) is 2.20. The maximum Gasteiger partial charge on any atom is 0.181 e. The number of rotatable bonds is 3. The molecule has 1 saturated heterocycles. The molecule has 0 aromatic rings. The topological polar surface area (TPSA) is 27.3 Å². The standard InChI is InChI=1S/C12H23N3S/c1-9(2)8-13-12(16)14-15-10(3)6-5-7-11(15)4/h10-11H,1,5-8H2,2-4H3,(H2,13,14,16)/t10-,11-/m0/s1. The molecule has 0 radical (unpaired) electrons. The van der Waals surface area contributed by atoms with E-state index in [1.807, 2.05) is 6.92 Å². The first-order valence-electron chi connectivity index (χ1n) is 5.98. The summed E-state index contributed by atoms with van der Waals surface area (Å²) in [6.45, 7) is 11.0. The highest BCUT2D eigenvalue weighted by Crippen LogP contribution is 2.19. The Labute approximate surface area is 104 Å². The van der Waals surface area contributed by atoms with Crippen molar-refractivity contribution in [1.29, 1.82) is 0 Å². The van der Waals surface area contributed by atoms with Gasteiger partial charge in [0.2, 0.25) is 0 Å². The zero-order valence-corrected chi connectivity index (χ0v) is 11.4. The lowest BCUT2D eigenvalue weighted by Crippen LogP contribution is -2.56. The van der Waals surface area contributed by atoms with Crippen LogP contribution in [0, 0.1) is 0 Å². The smallest absolute Gasteiger partial charge is 0.181 e. The molecule has 0 spiro atoms. The summed E-state index contributed by atoms with van der Waals surface area (Å²) >= 11 is 5.25. The summed E-state index contributed by atoms with van der Waals surface area (Å²) in [6, 6.07) is 1.10. The summed E-state index contributed by atoms with van der Waals surface area (Å²) < 4.78 is 0. The van der Waals surface area contributed by atoms with Gasteiger partial charge < -0.3 is 5.32 Å². The maximum absolute atomic E-state index is 5.25. The lowest BCUT2D eigenvalue weighted by Gasteiger charge is -2.39. The van der Waals surface area contributed by atoms with Gasteiger partial charge in [-0.05, 0) is 45.8 Å². The Bertz CT molecular complexity index is 255. The molecule has 1 aliphatic heterocycles. The van der Waals surface area contributed by atoms with E-state index in [0.717, 1.165) is 12.1 Å². The Balaban J connectivity index is 2.39. The van der Waals surface area contributed by atoms with Gasteiger partial charge >= 0.3 is 0 Å². The summed E-state index contributed by atoms with van der Waals surface area (Å²) in [7, 11) is 0.